The maximum absolute atomic E-state index is 14.0. The molecule has 32 heavy (non-hydrogen) atoms. The average Bonchev–Trinajstić information content (AvgIpc) is 3.20. The molecule has 2 N–H and O–H groups in total. The van der Waals surface area contributed by atoms with Crippen LogP contribution in [0.1, 0.15) is 47.0 Å². The summed E-state index contributed by atoms with van der Waals surface area (Å²) in [5.41, 5.74) is -0.469. The van der Waals surface area contributed by atoms with Gasteiger partial charge in [-0.15, -0.1) is 0 Å². The number of rotatable bonds is 5. The molecule has 1 amide bonds. The van der Waals surface area contributed by atoms with Gasteiger partial charge in [0.2, 0.25) is 0 Å². The van der Waals surface area contributed by atoms with Crippen LogP contribution in [0.3, 0.4) is 0 Å². The first-order chi connectivity index (χ1) is 15.2. The third-order valence-corrected chi connectivity index (χ3v) is 5.69. The number of guanidine groups is 1. The standard InChI is InChI=1S/C23H37FN6O2/c1-5-25-21(28-18-10-14-30(16-18)20-19(24)7-6-11-26-20)27-15-17-8-12-29(13-9-17)22(31)32-23(2,3)4/h6-7,11,17-18H,5,8-10,12-16H2,1-4H3,(H2,25,27,28). The minimum atomic E-state index is -0.469. The molecular weight excluding hydrogens is 411 g/mol. The number of piperidine rings is 1. The summed E-state index contributed by atoms with van der Waals surface area (Å²) >= 11 is 0. The lowest BCUT2D eigenvalue weighted by molar-refractivity contribution is 0.0187. The van der Waals surface area contributed by atoms with Gasteiger partial charge in [-0.2, -0.15) is 0 Å². The molecule has 8 nitrogen and oxygen atoms in total. The lowest BCUT2D eigenvalue weighted by atomic mass is 9.97. The molecule has 9 heteroatoms. The van der Waals surface area contributed by atoms with Gasteiger partial charge in [0.15, 0.2) is 17.6 Å². The predicted molar refractivity (Wildman–Crippen MR) is 124 cm³/mol. The second kappa shape index (κ2) is 10.8. The number of ether oxygens (including phenoxy) is 1. The Morgan fingerprint density at radius 1 is 1.28 bits per heavy atom. The SMILES string of the molecule is CCNC(=NCC1CCN(C(=O)OC(C)(C)C)CC1)NC1CCN(c2ncccc2F)C1. The van der Waals surface area contributed by atoms with Crippen LogP contribution in [0.25, 0.3) is 0 Å². The van der Waals surface area contributed by atoms with E-state index in [1.54, 1.807) is 17.2 Å². The van der Waals surface area contributed by atoms with Gasteiger partial charge < -0.3 is 25.2 Å². The van der Waals surface area contributed by atoms with Gasteiger partial charge in [-0.1, -0.05) is 0 Å². The van der Waals surface area contributed by atoms with Gasteiger partial charge in [0.05, 0.1) is 0 Å². The largest absolute Gasteiger partial charge is 0.444 e. The molecule has 2 aliphatic rings. The number of carbonyl (C=O) groups excluding carboxylic acids is 1. The summed E-state index contributed by atoms with van der Waals surface area (Å²) in [5.74, 6) is 1.35. The summed E-state index contributed by atoms with van der Waals surface area (Å²) in [6.45, 7) is 12.0. The van der Waals surface area contributed by atoms with Crippen LogP contribution in [0, 0.1) is 11.7 Å². The van der Waals surface area contributed by atoms with Gasteiger partial charge in [-0.05, 0) is 65.0 Å². The zero-order valence-corrected chi connectivity index (χ0v) is 19.7. The first-order valence-electron chi connectivity index (χ1n) is 11.6. The van der Waals surface area contributed by atoms with Crippen LogP contribution in [0.15, 0.2) is 23.3 Å². The molecule has 0 spiro atoms. The third kappa shape index (κ3) is 6.97. The monoisotopic (exact) mass is 448 g/mol. The number of halogens is 1. The van der Waals surface area contributed by atoms with E-state index in [-0.39, 0.29) is 18.0 Å². The topological polar surface area (TPSA) is 82.1 Å². The molecule has 2 aliphatic heterocycles. The summed E-state index contributed by atoms with van der Waals surface area (Å²) in [6.07, 6.45) is 4.12. The first kappa shape index (κ1) is 24.1. The maximum Gasteiger partial charge on any atom is 0.410 e. The van der Waals surface area contributed by atoms with Gasteiger partial charge in [-0.25, -0.2) is 14.2 Å². The molecule has 1 aromatic rings. The van der Waals surface area contributed by atoms with E-state index in [2.05, 4.69) is 15.6 Å². The molecule has 1 unspecified atom stereocenters. The Morgan fingerprint density at radius 2 is 2.03 bits per heavy atom. The molecule has 0 bridgehead atoms. The van der Waals surface area contributed by atoms with Crippen LogP contribution < -0.4 is 15.5 Å². The molecule has 0 radical (unpaired) electrons. The third-order valence-electron chi connectivity index (χ3n) is 5.69. The Bertz CT molecular complexity index is 789. The number of anilines is 1. The van der Waals surface area contributed by atoms with Gasteiger partial charge in [0.25, 0.3) is 0 Å². The van der Waals surface area contributed by atoms with Crippen molar-refractivity contribution in [3.63, 3.8) is 0 Å². The van der Waals surface area contributed by atoms with Crippen molar-refractivity contribution in [1.82, 2.24) is 20.5 Å². The number of aromatic nitrogens is 1. The molecule has 2 saturated heterocycles. The summed E-state index contributed by atoms with van der Waals surface area (Å²) in [7, 11) is 0. The van der Waals surface area contributed by atoms with Crippen LogP contribution >= 0.6 is 0 Å². The molecule has 0 saturated carbocycles. The minimum Gasteiger partial charge on any atom is -0.444 e. The van der Waals surface area contributed by atoms with Crippen molar-refractivity contribution in [2.45, 2.75) is 58.6 Å². The Kier molecular flexibility index (Phi) is 8.15. The Balaban J connectivity index is 1.47. The van der Waals surface area contributed by atoms with Crippen molar-refractivity contribution in [1.29, 1.82) is 0 Å². The van der Waals surface area contributed by atoms with E-state index in [9.17, 15) is 9.18 Å². The normalized spacial score (nSPS) is 20.4. The molecule has 178 valence electrons. The second-order valence-electron chi connectivity index (χ2n) is 9.52. The predicted octanol–water partition coefficient (Wildman–Crippen LogP) is 3.00. The highest BCUT2D eigenvalue weighted by molar-refractivity contribution is 5.80. The van der Waals surface area contributed by atoms with E-state index in [1.807, 2.05) is 32.6 Å². The smallest absolute Gasteiger partial charge is 0.410 e. The lowest BCUT2D eigenvalue weighted by Gasteiger charge is -2.33. The van der Waals surface area contributed by atoms with Crippen molar-refractivity contribution in [2.24, 2.45) is 10.9 Å². The van der Waals surface area contributed by atoms with Crippen molar-refractivity contribution in [3.8, 4) is 0 Å². The zero-order chi connectivity index (χ0) is 23.1. The lowest BCUT2D eigenvalue weighted by Crippen LogP contribution is -2.45. The number of pyridine rings is 1. The molecule has 0 aliphatic carbocycles. The van der Waals surface area contributed by atoms with E-state index < -0.39 is 5.60 Å². The number of aliphatic imine (C=N–C) groups is 1. The van der Waals surface area contributed by atoms with E-state index in [0.29, 0.717) is 37.9 Å². The summed E-state index contributed by atoms with van der Waals surface area (Å²) in [6, 6.07) is 3.24. The Morgan fingerprint density at radius 3 is 2.69 bits per heavy atom. The summed E-state index contributed by atoms with van der Waals surface area (Å²) in [5, 5.41) is 6.80. The molecule has 1 aromatic heterocycles. The van der Waals surface area contributed by atoms with Crippen LogP contribution in [0.4, 0.5) is 15.0 Å². The fraction of sp³-hybridized carbons (Fsp3) is 0.696. The number of nitrogens with zero attached hydrogens (tertiary/aromatic N) is 4. The average molecular weight is 449 g/mol. The first-order valence-corrected chi connectivity index (χ1v) is 11.6. The highest BCUT2D eigenvalue weighted by Crippen LogP contribution is 2.22. The van der Waals surface area contributed by atoms with Crippen LogP contribution in [0.2, 0.25) is 0 Å². The van der Waals surface area contributed by atoms with E-state index >= 15 is 0 Å². The number of carbonyl (C=O) groups is 1. The van der Waals surface area contributed by atoms with Crippen LogP contribution in [-0.4, -0.2) is 72.8 Å². The van der Waals surface area contributed by atoms with E-state index in [0.717, 1.165) is 38.3 Å². The zero-order valence-electron chi connectivity index (χ0n) is 19.7. The molecule has 2 fully saturated rings. The maximum atomic E-state index is 14.0. The fourth-order valence-electron chi connectivity index (χ4n) is 4.04. The van der Waals surface area contributed by atoms with Crippen molar-refractivity contribution in [2.75, 3.05) is 44.2 Å². The number of amides is 1. The fourth-order valence-corrected chi connectivity index (χ4v) is 4.04. The second-order valence-corrected chi connectivity index (χ2v) is 9.52. The molecule has 3 rings (SSSR count). The Hall–Kier alpha value is -2.58. The van der Waals surface area contributed by atoms with Crippen LogP contribution in [-0.2, 0) is 4.74 Å². The Labute approximate surface area is 190 Å². The van der Waals surface area contributed by atoms with Gasteiger partial charge in [-0.3, -0.25) is 4.99 Å². The number of hydrogen-bond acceptors (Lipinski definition) is 5. The minimum absolute atomic E-state index is 0.184. The highest BCUT2D eigenvalue weighted by Gasteiger charge is 2.28. The number of likely N-dealkylation sites (tertiary alicyclic amines) is 1. The van der Waals surface area contributed by atoms with Gasteiger partial charge in [0.1, 0.15) is 5.60 Å². The molecular formula is C23H37FN6O2. The number of nitrogens with one attached hydrogen (secondary N) is 2. The molecule has 0 aromatic carbocycles. The van der Waals surface area contributed by atoms with Gasteiger partial charge in [0, 0.05) is 51.5 Å². The van der Waals surface area contributed by atoms with E-state index in [1.165, 1.54) is 6.07 Å². The number of hydrogen-bond donors (Lipinski definition) is 2. The highest BCUT2D eigenvalue weighted by atomic mass is 19.1. The van der Waals surface area contributed by atoms with Crippen molar-refractivity contribution in [3.05, 3.63) is 24.1 Å². The quantitative estimate of drug-likeness (QED) is 0.532. The molecule has 1 atom stereocenters. The van der Waals surface area contributed by atoms with Gasteiger partial charge >= 0.3 is 6.09 Å². The molecule has 3 heterocycles. The van der Waals surface area contributed by atoms with Crippen molar-refractivity contribution < 1.29 is 13.9 Å². The summed E-state index contributed by atoms with van der Waals surface area (Å²) in [4.78, 5) is 25.0. The summed E-state index contributed by atoms with van der Waals surface area (Å²) < 4.78 is 19.5. The van der Waals surface area contributed by atoms with E-state index in [4.69, 9.17) is 9.73 Å². The van der Waals surface area contributed by atoms with Crippen LogP contribution in [0.5, 0.6) is 0 Å². The van der Waals surface area contributed by atoms with Crippen molar-refractivity contribution >= 4 is 17.9 Å².